The molecule has 0 bridgehead atoms. The number of hydrogen-bond acceptors (Lipinski definition) is 8. The van der Waals surface area contributed by atoms with Gasteiger partial charge in [-0.15, -0.1) is 5.10 Å². The van der Waals surface area contributed by atoms with Crippen molar-refractivity contribution < 1.29 is 28.9 Å². The fraction of sp³-hybridized carbons (Fsp3) is 0.154. The topological polar surface area (TPSA) is 124 Å². The molecule has 9 nitrogen and oxygen atoms in total. The number of aliphatic carboxylic acids is 1. The Labute approximate surface area is 221 Å². The number of nitrogens with zero attached hydrogens (tertiary/aromatic N) is 2. The number of esters is 1. The van der Waals surface area contributed by atoms with Gasteiger partial charge in [-0.25, -0.2) is 14.6 Å². The number of carboxylic acids is 1. The molecule has 4 aromatic rings. The maximum Gasteiger partial charge on any atom is 0.344 e. The van der Waals surface area contributed by atoms with Gasteiger partial charge in [-0.2, -0.15) is 0 Å². The van der Waals surface area contributed by atoms with Gasteiger partial charge in [-0.1, -0.05) is 41.9 Å². The third-order valence-electron chi connectivity index (χ3n) is 5.15. The van der Waals surface area contributed by atoms with E-state index in [-0.39, 0.29) is 23.3 Å². The molecule has 0 saturated carbocycles. The van der Waals surface area contributed by atoms with Crippen molar-refractivity contribution >= 4 is 52.1 Å². The summed E-state index contributed by atoms with van der Waals surface area (Å²) >= 11 is 6.98. The summed E-state index contributed by atoms with van der Waals surface area (Å²) in [4.78, 5) is 28.4. The molecule has 0 fully saturated rings. The molecular weight excluding hydrogens is 518 g/mol. The average Bonchev–Trinajstić information content (AvgIpc) is 3.36. The number of halogens is 1. The first-order valence-electron chi connectivity index (χ1n) is 11.1. The van der Waals surface area contributed by atoms with E-state index >= 15 is 0 Å². The van der Waals surface area contributed by atoms with E-state index < -0.39 is 11.9 Å². The zero-order chi connectivity index (χ0) is 26.4. The Bertz CT molecular complexity index is 1490. The van der Waals surface area contributed by atoms with Gasteiger partial charge in [0.1, 0.15) is 16.4 Å². The number of methoxy groups -OCH3 is 1. The van der Waals surface area contributed by atoms with Crippen molar-refractivity contribution in [1.82, 2.24) is 15.2 Å². The van der Waals surface area contributed by atoms with Crippen molar-refractivity contribution in [2.45, 2.75) is 12.1 Å². The van der Waals surface area contributed by atoms with E-state index in [2.05, 4.69) is 15.2 Å². The molecule has 0 aliphatic heterocycles. The number of hydrogen-bond donors (Lipinski definition) is 2. The highest BCUT2D eigenvalue weighted by molar-refractivity contribution is 8.04. The number of aromatic nitrogens is 3. The molecule has 37 heavy (non-hydrogen) atoms. The Kier molecular flexibility index (Phi) is 8.32. The molecule has 1 aromatic heterocycles. The maximum atomic E-state index is 12.2. The van der Waals surface area contributed by atoms with Crippen LogP contribution in [0.15, 0.2) is 64.7 Å². The van der Waals surface area contributed by atoms with E-state index in [1.54, 1.807) is 31.2 Å². The molecule has 0 aliphatic carbocycles. The third kappa shape index (κ3) is 6.22. The second-order valence-electron chi connectivity index (χ2n) is 7.52. The van der Waals surface area contributed by atoms with Crippen molar-refractivity contribution in [3.8, 4) is 22.9 Å². The molecule has 0 radical (unpaired) electrons. The number of nitrogens with one attached hydrogen (secondary N) is 1. The summed E-state index contributed by atoms with van der Waals surface area (Å²) in [7, 11) is 1.52. The lowest BCUT2D eigenvalue weighted by molar-refractivity contribution is -0.145. The van der Waals surface area contributed by atoms with Crippen LogP contribution in [-0.4, -0.2) is 52.6 Å². The lowest BCUT2D eigenvalue weighted by Gasteiger charge is -2.12. The summed E-state index contributed by atoms with van der Waals surface area (Å²) < 4.78 is 16.0. The number of aromatic amines is 1. The van der Waals surface area contributed by atoms with Crippen molar-refractivity contribution in [2.75, 3.05) is 20.3 Å². The van der Waals surface area contributed by atoms with Crippen LogP contribution in [0, 0.1) is 0 Å². The maximum absolute atomic E-state index is 12.2. The minimum absolute atomic E-state index is 0.0547. The first-order chi connectivity index (χ1) is 17.9. The van der Waals surface area contributed by atoms with E-state index in [1.165, 1.54) is 13.2 Å². The van der Waals surface area contributed by atoms with Gasteiger partial charge < -0.3 is 19.3 Å². The third-order valence-corrected chi connectivity index (χ3v) is 6.26. The first kappa shape index (κ1) is 26.1. The highest BCUT2D eigenvalue weighted by Gasteiger charge is 2.18. The molecule has 0 unspecified atom stereocenters. The summed E-state index contributed by atoms with van der Waals surface area (Å²) in [5.41, 5.74) is 1.08. The molecule has 0 atom stereocenters. The number of fused-ring (bicyclic) bond motifs is 1. The molecule has 0 spiro atoms. The average molecular weight is 540 g/mol. The molecule has 0 aliphatic rings. The molecular formula is C26H22ClN3O6S. The SMILES string of the molecule is CCOC(=O)COc1ccc2ccccc2c1/C=C(\Sc1n[nH]c(-c2cc(Cl)ccc2OC)n1)C(=O)O. The highest BCUT2D eigenvalue weighted by atomic mass is 35.5. The zero-order valence-electron chi connectivity index (χ0n) is 19.9. The van der Waals surface area contributed by atoms with Crippen molar-refractivity contribution in [2.24, 2.45) is 0 Å². The van der Waals surface area contributed by atoms with Crippen molar-refractivity contribution in [1.29, 1.82) is 0 Å². The minimum atomic E-state index is -1.18. The Hall–Kier alpha value is -4.02. The Morgan fingerprint density at radius 2 is 1.92 bits per heavy atom. The van der Waals surface area contributed by atoms with Crippen molar-refractivity contribution in [3.63, 3.8) is 0 Å². The Morgan fingerprint density at radius 3 is 2.68 bits per heavy atom. The summed E-state index contributed by atoms with van der Waals surface area (Å²) in [5, 5.41) is 19.2. The van der Waals surface area contributed by atoms with Crippen LogP contribution in [0.5, 0.6) is 11.5 Å². The zero-order valence-corrected chi connectivity index (χ0v) is 21.4. The van der Waals surface area contributed by atoms with Crippen LogP contribution in [0.4, 0.5) is 0 Å². The van der Waals surface area contributed by atoms with Crippen LogP contribution in [-0.2, 0) is 14.3 Å². The Morgan fingerprint density at radius 1 is 1.14 bits per heavy atom. The monoisotopic (exact) mass is 539 g/mol. The van der Waals surface area contributed by atoms with Gasteiger partial charge in [0.05, 0.1) is 19.3 Å². The van der Waals surface area contributed by atoms with Crippen LogP contribution < -0.4 is 9.47 Å². The fourth-order valence-electron chi connectivity index (χ4n) is 3.53. The van der Waals surface area contributed by atoms with Gasteiger partial charge in [-0.3, -0.25) is 5.10 Å². The first-order valence-corrected chi connectivity index (χ1v) is 12.3. The largest absolute Gasteiger partial charge is 0.496 e. The lowest BCUT2D eigenvalue weighted by Crippen LogP contribution is -2.15. The van der Waals surface area contributed by atoms with Gasteiger partial charge in [0, 0.05) is 10.6 Å². The standard InChI is InChI=1S/C26H22ClN3O6S/c1-3-35-23(31)14-36-21-10-8-15-6-4-5-7-17(15)18(21)13-22(25(32)33)37-26-28-24(29-30-26)19-12-16(27)9-11-20(19)34-2/h4-13H,3,14H2,1-2H3,(H,32,33)(H,28,29,30)/b22-13-. The number of H-pyrrole nitrogens is 1. The second-order valence-corrected chi connectivity index (χ2v) is 8.96. The molecule has 11 heteroatoms. The number of thioether (sulfide) groups is 1. The van der Waals surface area contributed by atoms with Gasteiger partial charge in [0.15, 0.2) is 12.4 Å². The van der Waals surface area contributed by atoms with Gasteiger partial charge in [0.2, 0.25) is 5.16 Å². The van der Waals surface area contributed by atoms with Crippen LogP contribution in [0.1, 0.15) is 12.5 Å². The normalized spacial score (nSPS) is 11.4. The molecule has 3 aromatic carbocycles. The van der Waals surface area contributed by atoms with Crippen LogP contribution in [0.3, 0.4) is 0 Å². The van der Waals surface area contributed by atoms with E-state index in [9.17, 15) is 14.7 Å². The number of ether oxygens (including phenoxy) is 3. The number of carboxylic acid groups (broad SMARTS) is 1. The summed E-state index contributed by atoms with van der Waals surface area (Å²) in [6.07, 6.45) is 1.48. The van der Waals surface area contributed by atoms with E-state index in [1.807, 2.05) is 30.3 Å². The number of benzene rings is 3. The minimum Gasteiger partial charge on any atom is -0.496 e. The van der Waals surface area contributed by atoms with E-state index in [0.717, 1.165) is 22.5 Å². The van der Waals surface area contributed by atoms with Crippen LogP contribution in [0.2, 0.25) is 5.02 Å². The van der Waals surface area contributed by atoms with Crippen molar-refractivity contribution in [3.05, 3.63) is 70.1 Å². The van der Waals surface area contributed by atoms with E-state index in [0.29, 0.717) is 33.5 Å². The summed E-state index contributed by atoms with van der Waals surface area (Å²) in [6.45, 7) is 1.62. The van der Waals surface area contributed by atoms with Crippen LogP contribution in [0.25, 0.3) is 28.2 Å². The molecule has 4 rings (SSSR count). The molecule has 0 amide bonds. The van der Waals surface area contributed by atoms with Crippen LogP contribution >= 0.6 is 23.4 Å². The lowest BCUT2D eigenvalue weighted by atomic mass is 10.0. The predicted molar refractivity (Wildman–Crippen MR) is 141 cm³/mol. The second kappa shape index (κ2) is 11.8. The smallest absolute Gasteiger partial charge is 0.344 e. The quantitative estimate of drug-likeness (QED) is 0.154. The number of carbonyl (C=O) groups is 2. The van der Waals surface area contributed by atoms with Gasteiger partial charge >= 0.3 is 11.9 Å². The Balaban J connectivity index is 1.70. The fourth-order valence-corrected chi connectivity index (χ4v) is 4.39. The van der Waals surface area contributed by atoms with Gasteiger partial charge in [-0.05, 0) is 59.8 Å². The molecule has 1 heterocycles. The summed E-state index contributed by atoms with van der Waals surface area (Å²) in [5.74, 6) is -0.463. The number of carbonyl (C=O) groups excluding carboxylic acids is 1. The summed E-state index contributed by atoms with van der Waals surface area (Å²) in [6, 6.07) is 16.0. The van der Waals surface area contributed by atoms with Gasteiger partial charge in [0.25, 0.3) is 0 Å². The molecule has 190 valence electrons. The predicted octanol–water partition coefficient (Wildman–Crippen LogP) is 5.45. The molecule has 2 N–H and O–H groups in total. The number of rotatable bonds is 10. The highest BCUT2D eigenvalue weighted by Crippen LogP contribution is 2.35. The van der Waals surface area contributed by atoms with E-state index in [4.69, 9.17) is 25.8 Å². The molecule has 0 saturated heterocycles.